The first-order valence-corrected chi connectivity index (χ1v) is 5.51. The Bertz CT molecular complexity index is 498. The molecule has 17 heavy (non-hydrogen) atoms. The summed E-state index contributed by atoms with van der Waals surface area (Å²) in [5, 5.41) is 3.82. The van der Waals surface area contributed by atoms with Gasteiger partial charge in [-0.1, -0.05) is 24.2 Å². The highest BCUT2D eigenvalue weighted by Gasteiger charge is 2.12. The lowest BCUT2D eigenvalue weighted by Gasteiger charge is -1.99. The van der Waals surface area contributed by atoms with Crippen molar-refractivity contribution in [1.29, 1.82) is 0 Å². The van der Waals surface area contributed by atoms with Gasteiger partial charge in [-0.3, -0.25) is 0 Å². The van der Waals surface area contributed by atoms with E-state index >= 15 is 0 Å². The molecule has 0 spiro atoms. The highest BCUT2D eigenvalue weighted by molar-refractivity contribution is 5.19. The molecule has 0 aliphatic carbocycles. The van der Waals surface area contributed by atoms with Crippen LogP contribution in [0.2, 0.25) is 0 Å². The quantitative estimate of drug-likeness (QED) is 0.882. The van der Waals surface area contributed by atoms with E-state index in [4.69, 9.17) is 10.3 Å². The van der Waals surface area contributed by atoms with E-state index in [0.29, 0.717) is 18.1 Å². The lowest BCUT2D eigenvalue weighted by molar-refractivity contribution is 0.348. The van der Waals surface area contributed by atoms with E-state index in [2.05, 4.69) is 10.1 Å². The molecule has 2 rings (SSSR count). The zero-order valence-corrected chi connectivity index (χ0v) is 9.56. The number of aromatic nitrogens is 2. The molecule has 0 aliphatic heterocycles. The summed E-state index contributed by atoms with van der Waals surface area (Å²) in [6.07, 6.45) is 1.18. The van der Waals surface area contributed by atoms with Gasteiger partial charge >= 0.3 is 0 Å². The van der Waals surface area contributed by atoms with E-state index in [-0.39, 0.29) is 11.9 Å². The van der Waals surface area contributed by atoms with Crippen molar-refractivity contribution in [2.45, 2.75) is 25.8 Å². The van der Waals surface area contributed by atoms with Gasteiger partial charge in [0.1, 0.15) is 5.82 Å². The van der Waals surface area contributed by atoms with E-state index in [1.807, 2.05) is 13.0 Å². The molecule has 1 atom stereocenters. The van der Waals surface area contributed by atoms with Crippen molar-refractivity contribution in [2.75, 3.05) is 0 Å². The summed E-state index contributed by atoms with van der Waals surface area (Å²) < 4.78 is 18.0. The minimum absolute atomic E-state index is 0.233. The second-order valence-corrected chi connectivity index (χ2v) is 3.87. The fourth-order valence-corrected chi connectivity index (χ4v) is 1.49. The fraction of sp³-hybridized carbons (Fsp3) is 0.333. The van der Waals surface area contributed by atoms with Crippen LogP contribution in [0.15, 0.2) is 28.8 Å². The Morgan fingerprint density at radius 2 is 2.29 bits per heavy atom. The van der Waals surface area contributed by atoms with E-state index < -0.39 is 0 Å². The largest absolute Gasteiger partial charge is 0.338 e. The first kappa shape index (κ1) is 11.7. The molecule has 2 N–H and O–H groups in total. The van der Waals surface area contributed by atoms with Crippen molar-refractivity contribution in [2.24, 2.45) is 5.73 Å². The fourth-order valence-electron chi connectivity index (χ4n) is 1.49. The summed E-state index contributed by atoms with van der Waals surface area (Å²) in [5.74, 6) is 0.685. The summed E-state index contributed by atoms with van der Waals surface area (Å²) in [5.41, 5.74) is 6.58. The third-order valence-electron chi connectivity index (χ3n) is 2.49. The van der Waals surface area contributed by atoms with Gasteiger partial charge in [0.2, 0.25) is 5.89 Å². The number of rotatable bonds is 4. The molecule has 0 fully saturated rings. The SMILES string of the molecule is CC[C@@H](N)c1nc(Cc2cccc(F)c2)no1. The third-order valence-corrected chi connectivity index (χ3v) is 2.49. The van der Waals surface area contributed by atoms with Gasteiger partial charge in [0.25, 0.3) is 0 Å². The van der Waals surface area contributed by atoms with Crippen LogP contribution in [0.25, 0.3) is 0 Å². The van der Waals surface area contributed by atoms with Gasteiger partial charge < -0.3 is 10.3 Å². The predicted octanol–water partition coefficient (Wildman–Crippen LogP) is 2.21. The number of nitrogens with zero attached hydrogens (tertiary/aromatic N) is 2. The molecule has 0 saturated carbocycles. The molecule has 2 aromatic rings. The van der Waals surface area contributed by atoms with Crippen LogP contribution in [-0.4, -0.2) is 10.1 Å². The maximum atomic E-state index is 13.0. The molecule has 4 nitrogen and oxygen atoms in total. The third kappa shape index (κ3) is 2.88. The lowest BCUT2D eigenvalue weighted by atomic mass is 10.1. The lowest BCUT2D eigenvalue weighted by Crippen LogP contribution is -2.08. The number of halogens is 1. The minimum Gasteiger partial charge on any atom is -0.338 e. The van der Waals surface area contributed by atoms with E-state index in [1.54, 1.807) is 6.07 Å². The molecule has 1 aromatic heterocycles. The van der Waals surface area contributed by atoms with Crippen LogP contribution in [0.4, 0.5) is 4.39 Å². The average molecular weight is 235 g/mol. The molecule has 1 aromatic carbocycles. The molecule has 1 heterocycles. The molecule has 0 radical (unpaired) electrons. The minimum atomic E-state index is -0.267. The second kappa shape index (κ2) is 5.05. The van der Waals surface area contributed by atoms with Crippen LogP contribution in [0.1, 0.15) is 36.7 Å². The molecule has 5 heteroatoms. The van der Waals surface area contributed by atoms with Crippen LogP contribution >= 0.6 is 0 Å². The predicted molar refractivity (Wildman–Crippen MR) is 60.7 cm³/mol. The molecular weight excluding hydrogens is 221 g/mol. The highest BCUT2D eigenvalue weighted by Crippen LogP contribution is 2.13. The van der Waals surface area contributed by atoms with Gasteiger partial charge in [0, 0.05) is 6.42 Å². The van der Waals surface area contributed by atoms with Crippen LogP contribution < -0.4 is 5.73 Å². The van der Waals surface area contributed by atoms with Gasteiger partial charge in [0.15, 0.2) is 5.82 Å². The van der Waals surface area contributed by atoms with Crippen molar-refractivity contribution in [3.8, 4) is 0 Å². The van der Waals surface area contributed by atoms with Crippen LogP contribution in [0.3, 0.4) is 0 Å². The van der Waals surface area contributed by atoms with E-state index in [0.717, 1.165) is 12.0 Å². The monoisotopic (exact) mass is 235 g/mol. The Morgan fingerprint density at radius 3 is 3.00 bits per heavy atom. The van der Waals surface area contributed by atoms with Gasteiger partial charge in [0.05, 0.1) is 6.04 Å². The smallest absolute Gasteiger partial charge is 0.243 e. The first-order chi connectivity index (χ1) is 8.19. The molecule has 0 amide bonds. The maximum Gasteiger partial charge on any atom is 0.243 e. The number of benzene rings is 1. The van der Waals surface area contributed by atoms with E-state index in [9.17, 15) is 4.39 Å². The molecular formula is C12H14FN3O. The van der Waals surface area contributed by atoms with Crippen molar-refractivity contribution < 1.29 is 8.91 Å². The molecule has 90 valence electrons. The summed E-state index contributed by atoms with van der Waals surface area (Å²) >= 11 is 0. The Balaban J connectivity index is 2.11. The zero-order valence-electron chi connectivity index (χ0n) is 9.56. The summed E-state index contributed by atoms with van der Waals surface area (Å²) in [6.45, 7) is 1.95. The van der Waals surface area contributed by atoms with Gasteiger partial charge in [-0.25, -0.2) is 4.39 Å². The Hall–Kier alpha value is -1.75. The van der Waals surface area contributed by atoms with Crippen LogP contribution in [0, 0.1) is 5.82 Å². The summed E-state index contributed by atoms with van der Waals surface area (Å²) in [6, 6.07) is 6.10. The number of nitrogens with two attached hydrogens (primary N) is 1. The van der Waals surface area contributed by atoms with Crippen LogP contribution in [-0.2, 0) is 6.42 Å². The Kier molecular flexibility index (Phi) is 3.49. The number of hydrogen-bond acceptors (Lipinski definition) is 4. The van der Waals surface area contributed by atoms with Crippen LogP contribution in [0.5, 0.6) is 0 Å². The maximum absolute atomic E-state index is 13.0. The van der Waals surface area contributed by atoms with Crippen molar-refractivity contribution in [1.82, 2.24) is 10.1 Å². The molecule has 0 bridgehead atoms. The first-order valence-electron chi connectivity index (χ1n) is 5.51. The van der Waals surface area contributed by atoms with Crippen molar-refractivity contribution >= 4 is 0 Å². The van der Waals surface area contributed by atoms with Gasteiger partial charge in [-0.05, 0) is 24.1 Å². The zero-order chi connectivity index (χ0) is 12.3. The average Bonchev–Trinajstić information content (AvgIpc) is 2.76. The number of hydrogen-bond donors (Lipinski definition) is 1. The van der Waals surface area contributed by atoms with Crippen molar-refractivity contribution in [3.63, 3.8) is 0 Å². The molecule has 0 unspecified atom stereocenters. The topological polar surface area (TPSA) is 64.9 Å². The second-order valence-electron chi connectivity index (χ2n) is 3.87. The Morgan fingerprint density at radius 1 is 1.47 bits per heavy atom. The van der Waals surface area contributed by atoms with Gasteiger partial charge in [-0.15, -0.1) is 0 Å². The molecule has 0 aliphatic rings. The standard InChI is InChI=1S/C12H14FN3O/c1-2-10(14)12-15-11(16-17-12)7-8-4-3-5-9(13)6-8/h3-6,10H,2,7,14H2,1H3/t10-/m1/s1. The van der Waals surface area contributed by atoms with E-state index in [1.165, 1.54) is 12.1 Å². The molecule has 0 saturated heterocycles. The van der Waals surface area contributed by atoms with Gasteiger partial charge in [-0.2, -0.15) is 4.98 Å². The Labute approximate surface area is 98.6 Å². The summed E-state index contributed by atoms with van der Waals surface area (Å²) in [4.78, 5) is 4.18. The summed E-state index contributed by atoms with van der Waals surface area (Å²) in [7, 11) is 0. The highest BCUT2D eigenvalue weighted by atomic mass is 19.1. The normalized spacial score (nSPS) is 12.6. The van der Waals surface area contributed by atoms with Crippen molar-refractivity contribution in [3.05, 3.63) is 47.4 Å².